The van der Waals surface area contributed by atoms with Gasteiger partial charge >= 0.3 is 5.97 Å². The quantitative estimate of drug-likeness (QED) is 0.0625. The summed E-state index contributed by atoms with van der Waals surface area (Å²) in [5, 5.41) is 18.3. The van der Waals surface area contributed by atoms with Gasteiger partial charge in [-0.15, -0.1) is 11.3 Å². The fourth-order valence-corrected chi connectivity index (χ4v) is 9.15. The molecule has 3 N–H and O–H groups in total. The molecule has 0 radical (unpaired) electrons. The highest BCUT2D eigenvalue weighted by Gasteiger charge is 2.38. The highest BCUT2D eigenvalue weighted by atomic mass is 32.1. The van der Waals surface area contributed by atoms with Crippen LogP contribution >= 0.6 is 11.3 Å². The first-order valence-electron chi connectivity index (χ1n) is 22.4. The molecule has 5 rings (SSSR count). The second-order valence-corrected chi connectivity index (χ2v) is 18.3. The largest absolute Gasteiger partial charge is 0.481 e. The van der Waals surface area contributed by atoms with Crippen molar-refractivity contribution in [2.45, 2.75) is 116 Å². The maximum absolute atomic E-state index is 15.1. The van der Waals surface area contributed by atoms with E-state index in [0.29, 0.717) is 30.8 Å². The Morgan fingerprint density at radius 1 is 0.889 bits per heavy atom. The summed E-state index contributed by atoms with van der Waals surface area (Å²) in [6.45, 7) is 11.0. The fraction of sp³-hybridized carbons (Fsp3) is 0.500. The Bertz CT molecular complexity index is 2050. The number of carboxylic acids is 1. The smallest absolute Gasteiger partial charge is 0.306 e. The summed E-state index contributed by atoms with van der Waals surface area (Å²) >= 11 is 1.29. The van der Waals surface area contributed by atoms with Gasteiger partial charge in [-0.05, 0) is 73.4 Å². The summed E-state index contributed by atoms with van der Waals surface area (Å²) in [6, 6.07) is 26.1. The standard InChI is InChI=1S/C50H67N5O7S/c1-8-34(4)45(53-47(57)42-21-15-16-26-54(42)6)49(58)55(30-37-17-11-9-12-18-37)43(33(2)3)29-44(62-32-61-7)48-52-41(31-63-48)46(56)51-40(27-35(5)50(59)60)28-36-22-24-39(25-23-36)38-19-13-10-14-20-38/h9-14,17-20,22-25,31,33-35,40,42-45H,8,15-16,21,26-30,32H2,1-7H3,(H,51,56)(H,53,57)(H,59,60)/t34?,35-,40+,42?,43+,44+,45?/m0/s1. The summed E-state index contributed by atoms with van der Waals surface area (Å²) in [5.41, 5.74) is 4.28. The number of carboxylic acid groups (broad SMARTS) is 1. The summed E-state index contributed by atoms with van der Waals surface area (Å²) in [4.78, 5) is 63.6. The van der Waals surface area contributed by atoms with E-state index in [1.54, 1.807) is 19.4 Å². The number of nitrogens with zero attached hydrogens (tertiary/aromatic N) is 3. The van der Waals surface area contributed by atoms with Crippen molar-refractivity contribution in [1.82, 2.24) is 25.4 Å². The van der Waals surface area contributed by atoms with Crippen molar-refractivity contribution in [3.05, 3.63) is 112 Å². The van der Waals surface area contributed by atoms with Crippen LogP contribution in [0.5, 0.6) is 0 Å². The number of amides is 3. The van der Waals surface area contributed by atoms with Crippen molar-refractivity contribution >= 4 is 35.0 Å². The van der Waals surface area contributed by atoms with Crippen LogP contribution in [0.4, 0.5) is 0 Å². The Balaban J connectivity index is 1.39. The van der Waals surface area contributed by atoms with E-state index in [1.807, 2.05) is 111 Å². The van der Waals surface area contributed by atoms with E-state index in [-0.39, 0.29) is 54.6 Å². The van der Waals surface area contributed by atoms with Crippen LogP contribution in [0.3, 0.4) is 0 Å². The number of hydrogen-bond donors (Lipinski definition) is 3. The van der Waals surface area contributed by atoms with E-state index in [1.165, 1.54) is 11.3 Å². The van der Waals surface area contributed by atoms with Crippen molar-refractivity contribution in [3.63, 3.8) is 0 Å². The molecule has 7 atom stereocenters. The normalized spacial score (nSPS) is 17.2. The van der Waals surface area contributed by atoms with Crippen LogP contribution in [0.1, 0.15) is 106 Å². The van der Waals surface area contributed by atoms with Gasteiger partial charge in [0.2, 0.25) is 11.8 Å². The lowest BCUT2D eigenvalue weighted by molar-refractivity contribution is -0.144. The molecule has 3 aromatic carbocycles. The van der Waals surface area contributed by atoms with E-state index < -0.39 is 36.0 Å². The molecule has 0 saturated carbocycles. The molecule has 13 heteroatoms. The van der Waals surface area contributed by atoms with Gasteiger partial charge in [0, 0.05) is 37.5 Å². The zero-order valence-electron chi connectivity index (χ0n) is 38.0. The first-order chi connectivity index (χ1) is 30.3. The monoisotopic (exact) mass is 881 g/mol. The molecule has 1 aliphatic heterocycles. The number of carbonyl (C=O) groups excluding carboxylic acids is 3. The third-order valence-electron chi connectivity index (χ3n) is 12.3. The van der Waals surface area contributed by atoms with E-state index in [9.17, 15) is 19.5 Å². The average Bonchev–Trinajstić information content (AvgIpc) is 3.79. The number of methoxy groups -OCH3 is 1. The van der Waals surface area contributed by atoms with Gasteiger partial charge in [-0.25, -0.2) is 4.98 Å². The number of hydrogen-bond acceptors (Lipinski definition) is 9. The molecule has 3 amide bonds. The number of likely N-dealkylation sites (N-methyl/N-ethyl adjacent to an activating group) is 1. The number of piperidine rings is 1. The van der Waals surface area contributed by atoms with Gasteiger partial charge in [0.05, 0.1) is 12.0 Å². The lowest BCUT2D eigenvalue weighted by atomic mass is 9.91. The van der Waals surface area contributed by atoms with Crippen LogP contribution in [0.15, 0.2) is 90.3 Å². The van der Waals surface area contributed by atoms with E-state index in [0.717, 1.165) is 48.1 Å². The van der Waals surface area contributed by atoms with Crippen molar-refractivity contribution in [2.24, 2.45) is 17.8 Å². The number of rotatable bonds is 23. The molecule has 0 spiro atoms. The molecular formula is C50H67N5O7S. The second-order valence-electron chi connectivity index (χ2n) is 17.4. The minimum absolute atomic E-state index is 0.0365. The second kappa shape index (κ2) is 24.2. The highest BCUT2D eigenvalue weighted by molar-refractivity contribution is 7.09. The molecule has 3 unspecified atom stereocenters. The molecule has 63 heavy (non-hydrogen) atoms. The van der Waals surface area contributed by atoms with Gasteiger partial charge < -0.3 is 30.1 Å². The lowest BCUT2D eigenvalue weighted by Crippen LogP contribution is -2.58. The summed E-state index contributed by atoms with van der Waals surface area (Å²) in [6.07, 6.45) is 3.83. The Labute approximate surface area is 377 Å². The summed E-state index contributed by atoms with van der Waals surface area (Å²) < 4.78 is 11.7. The third-order valence-corrected chi connectivity index (χ3v) is 13.2. The minimum Gasteiger partial charge on any atom is -0.481 e. The van der Waals surface area contributed by atoms with Crippen LogP contribution in [0, 0.1) is 17.8 Å². The van der Waals surface area contributed by atoms with E-state index in [4.69, 9.17) is 14.5 Å². The lowest BCUT2D eigenvalue weighted by Gasteiger charge is -2.40. The molecule has 1 saturated heterocycles. The van der Waals surface area contributed by atoms with Crippen molar-refractivity contribution in [2.75, 3.05) is 27.5 Å². The highest BCUT2D eigenvalue weighted by Crippen LogP contribution is 2.33. The molecule has 4 aromatic rings. The van der Waals surface area contributed by atoms with E-state index >= 15 is 4.79 Å². The third kappa shape index (κ3) is 14.0. The first kappa shape index (κ1) is 49.1. The molecule has 1 aromatic heterocycles. The van der Waals surface area contributed by atoms with Gasteiger partial charge in [-0.2, -0.15) is 0 Å². The van der Waals surface area contributed by atoms with Crippen LogP contribution in [-0.2, 0) is 36.8 Å². The predicted molar refractivity (Wildman–Crippen MR) is 248 cm³/mol. The number of aromatic nitrogens is 1. The fourth-order valence-electron chi connectivity index (χ4n) is 8.29. The Morgan fingerprint density at radius 3 is 2.17 bits per heavy atom. The first-order valence-corrected chi connectivity index (χ1v) is 23.3. The van der Waals surface area contributed by atoms with Crippen LogP contribution < -0.4 is 10.6 Å². The number of nitrogens with one attached hydrogen (secondary N) is 2. The zero-order chi connectivity index (χ0) is 45.5. The van der Waals surface area contributed by atoms with Crippen molar-refractivity contribution in [1.29, 1.82) is 0 Å². The summed E-state index contributed by atoms with van der Waals surface area (Å²) in [7, 11) is 3.51. The van der Waals surface area contributed by atoms with Crippen LogP contribution in [-0.4, -0.2) is 95.2 Å². The maximum atomic E-state index is 15.1. The average molecular weight is 882 g/mol. The van der Waals surface area contributed by atoms with Crippen molar-refractivity contribution in [3.8, 4) is 11.1 Å². The Morgan fingerprint density at radius 2 is 1.56 bits per heavy atom. The van der Waals surface area contributed by atoms with Crippen molar-refractivity contribution < 1.29 is 33.8 Å². The predicted octanol–water partition coefficient (Wildman–Crippen LogP) is 8.38. The van der Waals surface area contributed by atoms with Crippen LogP contribution in [0.25, 0.3) is 11.1 Å². The van der Waals surface area contributed by atoms with Gasteiger partial charge in [0.15, 0.2) is 0 Å². The minimum atomic E-state index is -0.933. The molecule has 1 fully saturated rings. The molecule has 2 heterocycles. The molecule has 0 aliphatic carbocycles. The van der Waals surface area contributed by atoms with Crippen LogP contribution in [0.2, 0.25) is 0 Å². The Hall–Kier alpha value is -4.95. The number of ether oxygens (including phenoxy) is 2. The number of benzene rings is 3. The molecule has 0 bridgehead atoms. The summed E-state index contributed by atoms with van der Waals surface area (Å²) in [5.74, 6) is -2.47. The Kier molecular flexibility index (Phi) is 18.9. The van der Waals surface area contributed by atoms with Gasteiger partial charge in [-0.1, -0.05) is 132 Å². The number of aliphatic carboxylic acids is 1. The molecular weight excluding hydrogens is 815 g/mol. The van der Waals surface area contributed by atoms with Gasteiger partial charge in [-0.3, -0.25) is 24.1 Å². The molecule has 12 nitrogen and oxygen atoms in total. The van der Waals surface area contributed by atoms with Gasteiger partial charge in [0.1, 0.15) is 29.6 Å². The number of likely N-dealkylation sites (tertiary alicyclic amines) is 1. The SMILES string of the molecule is CCC(C)C(NC(=O)C1CCCCN1C)C(=O)N(Cc1ccccc1)[C@H](C[C@@H](OCOC)c1nc(C(=O)N[C@@H](Cc2ccc(-c3ccccc3)cc2)C[C@H](C)C(=O)O)cs1)C(C)C. The zero-order valence-corrected chi connectivity index (χ0v) is 38.8. The number of thiazole rings is 1. The van der Waals surface area contributed by atoms with E-state index in [2.05, 4.69) is 29.4 Å². The number of carbonyl (C=O) groups is 4. The molecule has 1 aliphatic rings. The molecule has 340 valence electrons. The van der Waals surface area contributed by atoms with Gasteiger partial charge in [0.25, 0.3) is 5.91 Å². The topological polar surface area (TPSA) is 150 Å². The maximum Gasteiger partial charge on any atom is 0.306 e.